The molecule has 1 aliphatic carbocycles. The molecule has 4 atom stereocenters. The molecule has 3 heteroatoms. The van der Waals surface area contributed by atoms with Crippen molar-refractivity contribution >= 4 is 16.7 Å². The van der Waals surface area contributed by atoms with E-state index in [0.29, 0.717) is 18.0 Å². The quantitative estimate of drug-likeness (QED) is 0.914. The van der Waals surface area contributed by atoms with Crippen LogP contribution >= 0.6 is 0 Å². The molecule has 2 N–H and O–H groups in total. The van der Waals surface area contributed by atoms with Crippen LogP contribution in [0.2, 0.25) is 0 Å². The van der Waals surface area contributed by atoms with E-state index >= 15 is 0 Å². The third kappa shape index (κ3) is 2.98. The molecular weight excluding hydrogens is 284 g/mol. The van der Waals surface area contributed by atoms with Crippen LogP contribution < -0.4 is 10.6 Å². The van der Waals surface area contributed by atoms with Gasteiger partial charge in [0.25, 0.3) is 0 Å². The van der Waals surface area contributed by atoms with Crippen LogP contribution in [0, 0.1) is 5.92 Å². The molecule has 2 aromatic carbocycles. The van der Waals surface area contributed by atoms with Gasteiger partial charge in [-0.3, -0.25) is 4.79 Å². The molecule has 4 rings (SSSR count). The van der Waals surface area contributed by atoms with E-state index in [1.807, 2.05) is 0 Å². The Morgan fingerprint density at radius 2 is 1.96 bits per heavy atom. The summed E-state index contributed by atoms with van der Waals surface area (Å²) in [5, 5.41) is 9.28. The van der Waals surface area contributed by atoms with Crippen molar-refractivity contribution in [2.45, 2.75) is 44.2 Å². The Labute approximate surface area is 137 Å². The van der Waals surface area contributed by atoms with Gasteiger partial charge in [-0.25, -0.2) is 0 Å². The maximum absolute atomic E-state index is 12.6. The standard InChI is InChI=1S/C20H24N2O/c1-13-11-15(9-10-21-13)22-20(23)19-12-18(19)17-8-4-6-14-5-2-3-7-16(14)17/h2-8,13,15,18-19,21H,9-12H2,1H3,(H,22,23). The molecule has 1 saturated carbocycles. The van der Waals surface area contributed by atoms with Crippen molar-refractivity contribution in [3.63, 3.8) is 0 Å². The van der Waals surface area contributed by atoms with Crippen molar-refractivity contribution in [2.24, 2.45) is 5.92 Å². The summed E-state index contributed by atoms with van der Waals surface area (Å²) >= 11 is 0. The SMILES string of the molecule is CC1CC(NC(=O)C2CC2c2cccc3ccccc23)CCN1. The number of carbonyl (C=O) groups excluding carboxylic acids is 1. The number of hydrogen-bond acceptors (Lipinski definition) is 2. The second-order valence-corrected chi connectivity index (χ2v) is 7.10. The highest BCUT2D eigenvalue weighted by atomic mass is 16.2. The fourth-order valence-electron chi connectivity index (χ4n) is 3.97. The lowest BCUT2D eigenvalue weighted by Gasteiger charge is -2.28. The lowest BCUT2D eigenvalue weighted by Crippen LogP contribution is -2.47. The topological polar surface area (TPSA) is 41.1 Å². The first kappa shape index (κ1) is 14.7. The smallest absolute Gasteiger partial charge is 0.223 e. The molecule has 2 aromatic rings. The highest BCUT2D eigenvalue weighted by Crippen LogP contribution is 2.49. The predicted molar refractivity (Wildman–Crippen MR) is 93.4 cm³/mol. The Balaban J connectivity index is 1.45. The summed E-state index contributed by atoms with van der Waals surface area (Å²) in [4.78, 5) is 12.6. The maximum Gasteiger partial charge on any atom is 0.223 e. The normalized spacial score (nSPS) is 30.1. The van der Waals surface area contributed by atoms with E-state index < -0.39 is 0 Å². The van der Waals surface area contributed by atoms with Gasteiger partial charge in [0, 0.05) is 18.0 Å². The van der Waals surface area contributed by atoms with E-state index in [1.54, 1.807) is 0 Å². The molecule has 0 aromatic heterocycles. The number of amides is 1. The fourth-order valence-corrected chi connectivity index (χ4v) is 3.97. The number of rotatable bonds is 3. The van der Waals surface area contributed by atoms with E-state index in [4.69, 9.17) is 0 Å². The molecular formula is C20H24N2O. The van der Waals surface area contributed by atoms with E-state index in [2.05, 4.69) is 60.0 Å². The summed E-state index contributed by atoms with van der Waals surface area (Å²) in [5.74, 6) is 0.799. The van der Waals surface area contributed by atoms with E-state index in [1.165, 1.54) is 16.3 Å². The zero-order valence-corrected chi connectivity index (χ0v) is 13.6. The van der Waals surface area contributed by atoms with Gasteiger partial charge in [-0.2, -0.15) is 0 Å². The van der Waals surface area contributed by atoms with E-state index in [0.717, 1.165) is 25.8 Å². The molecule has 1 heterocycles. The number of carbonyl (C=O) groups is 1. The molecule has 1 aliphatic heterocycles. The summed E-state index contributed by atoms with van der Waals surface area (Å²) in [6.07, 6.45) is 3.07. The van der Waals surface area contributed by atoms with E-state index in [-0.39, 0.29) is 11.8 Å². The van der Waals surface area contributed by atoms with Gasteiger partial charge in [-0.05, 0) is 55.0 Å². The first-order valence-electron chi connectivity index (χ1n) is 8.74. The monoisotopic (exact) mass is 308 g/mol. The van der Waals surface area contributed by atoms with Gasteiger partial charge in [-0.15, -0.1) is 0 Å². The highest BCUT2D eigenvalue weighted by molar-refractivity contribution is 5.89. The number of piperidine rings is 1. The van der Waals surface area contributed by atoms with Crippen LogP contribution in [0.15, 0.2) is 42.5 Å². The number of benzene rings is 2. The molecule has 4 unspecified atom stereocenters. The average Bonchev–Trinajstić information content (AvgIpc) is 3.35. The first-order chi connectivity index (χ1) is 11.2. The number of hydrogen-bond donors (Lipinski definition) is 2. The van der Waals surface area contributed by atoms with Gasteiger partial charge in [0.05, 0.1) is 0 Å². The summed E-state index contributed by atoms with van der Waals surface area (Å²) in [6.45, 7) is 3.19. The van der Waals surface area contributed by atoms with Crippen LogP contribution in [0.3, 0.4) is 0 Å². The Morgan fingerprint density at radius 1 is 1.13 bits per heavy atom. The van der Waals surface area contributed by atoms with Gasteiger partial charge in [-0.1, -0.05) is 42.5 Å². The first-order valence-corrected chi connectivity index (χ1v) is 8.74. The molecule has 0 bridgehead atoms. The molecule has 1 amide bonds. The number of fused-ring (bicyclic) bond motifs is 1. The average molecular weight is 308 g/mol. The van der Waals surface area contributed by atoms with Crippen LogP contribution in [-0.4, -0.2) is 24.5 Å². The molecule has 2 aliphatic rings. The minimum Gasteiger partial charge on any atom is -0.353 e. The second-order valence-electron chi connectivity index (χ2n) is 7.10. The Hall–Kier alpha value is -1.87. The lowest BCUT2D eigenvalue weighted by atomic mass is 9.99. The predicted octanol–water partition coefficient (Wildman–Crippen LogP) is 3.20. The molecule has 1 saturated heterocycles. The summed E-state index contributed by atoms with van der Waals surface area (Å²) in [6, 6.07) is 15.8. The van der Waals surface area contributed by atoms with Gasteiger partial charge in [0.15, 0.2) is 0 Å². The van der Waals surface area contributed by atoms with Crippen LogP contribution in [0.1, 0.15) is 37.7 Å². The van der Waals surface area contributed by atoms with Crippen molar-refractivity contribution in [3.05, 3.63) is 48.0 Å². The highest BCUT2D eigenvalue weighted by Gasteiger charge is 2.45. The van der Waals surface area contributed by atoms with E-state index in [9.17, 15) is 4.79 Å². The van der Waals surface area contributed by atoms with Crippen molar-refractivity contribution in [1.82, 2.24) is 10.6 Å². The largest absolute Gasteiger partial charge is 0.353 e. The zero-order chi connectivity index (χ0) is 15.8. The Bertz CT molecular complexity index is 721. The fraction of sp³-hybridized carbons (Fsp3) is 0.450. The third-order valence-electron chi connectivity index (χ3n) is 5.32. The van der Waals surface area contributed by atoms with Crippen LogP contribution in [-0.2, 0) is 4.79 Å². The van der Waals surface area contributed by atoms with Crippen LogP contribution in [0.25, 0.3) is 10.8 Å². The van der Waals surface area contributed by atoms with Crippen LogP contribution in [0.4, 0.5) is 0 Å². The van der Waals surface area contributed by atoms with Gasteiger partial charge in [0.2, 0.25) is 5.91 Å². The minimum absolute atomic E-state index is 0.158. The van der Waals surface area contributed by atoms with Crippen molar-refractivity contribution in [2.75, 3.05) is 6.54 Å². The Kier molecular flexibility index (Phi) is 3.82. The molecule has 3 nitrogen and oxygen atoms in total. The zero-order valence-electron chi connectivity index (χ0n) is 13.6. The molecule has 0 radical (unpaired) electrons. The third-order valence-corrected chi connectivity index (χ3v) is 5.32. The van der Waals surface area contributed by atoms with Crippen molar-refractivity contribution in [3.8, 4) is 0 Å². The summed E-state index contributed by atoms with van der Waals surface area (Å²) in [7, 11) is 0. The van der Waals surface area contributed by atoms with Gasteiger partial charge in [0.1, 0.15) is 0 Å². The van der Waals surface area contributed by atoms with Crippen molar-refractivity contribution < 1.29 is 4.79 Å². The van der Waals surface area contributed by atoms with Crippen LogP contribution in [0.5, 0.6) is 0 Å². The van der Waals surface area contributed by atoms with Crippen molar-refractivity contribution in [1.29, 1.82) is 0 Å². The lowest BCUT2D eigenvalue weighted by molar-refractivity contribution is -0.123. The minimum atomic E-state index is 0.158. The summed E-state index contributed by atoms with van der Waals surface area (Å²) in [5.41, 5.74) is 1.34. The number of nitrogens with one attached hydrogen (secondary N) is 2. The molecule has 23 heavy (non-hydrogen) atoms. The van der Waals surface area contributed by atoms with Gasteiger partial charge < -0.3 is 10.6 Å². The molecule has 0 spiro atoms. The molecule has 2 fully saturated rings. The van der Waals surface area contributed by atoms with Gasteiger partial charge >= 0.3 is 0 Å². The molecule has 120 valence electrons. The Morgan fingerprint density at radius 3 is 2.83 bits per heavy atom. The second kappa shape index (κ2) is 5.97. The summed E-state index contributed by atoms with van der Waals surface area (Å²) < 4.78 is 0. The maximum atomic E-state index is 12.6.